The number of nitrogens with zero attached hydrogens (tertiary/aromatic N) is 2. The van der Waals surface area contributed by atoms with Crippen molar-refractivity contribution in [1.29, 1.82) is 0 Å². The Kier molecular flexibility index (Phi) is 7.91. The van der Waals surface area contributed by atoms with Crippen molar-refractivity contribution in [2.75, 3.05) is 13.1 Å². The number of nitrogens with one attached hydrogen (secondary N) is 1. The molecule has 39 heavy (non-hydrogen) atoms. The van der Waals surface area contributed by atoms with Gasteiger partial charge in [0.05, 0.1) is 18.1 Å². The van der Waals surface area contributed by atoms with Gasteiger partial charge in [0, 0.05) is 17.0 Å². The highest BCUT2D eigenvalue weighted by atomic mass is 32.1. The highest BCUT2D eigenvalue weighted by molar-refractivity contribution is 7.13. The average molecular weight is 551 g/mol. The number of hydrogen-bond acceptors (Lipinski definition) is 6. The SMILES string of the molecule is CC(C)CC(NC(=O)c1ccc(-c2cccs2)cc1)C(=O)N1CCC2C1C(=O)CN2C(=O)C1(N)CCCCC1. The van der Waals surface area contributed by atoms with Crippen LogP contribution in [0.2, 0.25) is 0 Å². The molecule has 8 nitrogen and oxygen atoms in total. The molecule has 0 spiro atoms. The molecule has 1 saturated carbocycles. The number of fused-ring (bicyclic) bond motifs is 1. The lowest BCUT2D eigenvalue weighted by atomic mass is 9.81. The lowest BCUT2D eigenvalue weighted by molar-refractivity contribution is -0.140. The number of amides is 3. The van der Waals surface area contributed by atoms with Gasteiger partial charge >= 0.3 is 0 Å². The van der Waals surface area contributed by atoms with E-state index in [1.165, 1.54) is 0 Å². The topological polar surface area (TPSA) is 113 Å². The van der Waals surface area contributed by atoms with Crippen LogP contribution in [0.5, 0.6) is 0 Å². The van der Waals surface area contributed by atoms with E-state index >= 15 is 0 Å². The van der Waals surface area contributed by atoms with Crippen molar-refractivity contribution in [3.63, 3.8) is 0 Å². The van der Waals surface area contributed by atoms with Crippen molar-refractivity contribution < 1.29 is 19.2 Å². The number of ketones is 1. The molecule has 2 saturated heterocycles. The number of thiophene rings is 1. The summed E-state index contributed by atoms with van der Waals surface area (Å²) in [4.78, 5) is 58.0. The Morgan fingerprint density at radius 2 is 1.79 bits per heavy atom. The number of hydrogen-bond donors (Lipinski definition) is 2. The second-order valence-corrected chi connectivity index (χ2v) is 12.6. The molecule has 208 valence electrons. The molecule has 9 heteroatoms. The molecule has 1 aliphatic carbocycles. The number of carbonyl (C=O) groups excluding carboxylic acids is 4. The highest BCUT2D eigenvalue weighted by Crippen LogP contribution is 2.35. The molecule has 0 bridgehead atoms. The Bertz CT molecular complexity index is 1220. The molecule has 3 unspecified atom stereocenters. The van der Waals surface area contributed by atoms with E-state index in [2.05, 4.69) is 5.32 Å². The van der Waals surface area contributed by atoms with E-state index in [-0.39, 0.29) is 42.0 Å². The van der Waals surface area contributed by atoms with Crippen LogP contribution in [0.25, 0.3) is 10.4 Å². The first-order valence-electron chi connectivity index (χ1n) is 14.1. The van der Waals surface area contributed by atoms with E-state index in [1.54, 1.807) is 33.3 Å². The third kappa shape index (κ3) is 5.52. The molecule has 2 aliphatic heterocycles. The first-order chi connectivity index (χ1) is 18.7. The standard InChI is InChI=1S/C30H38N4O4S/c1-19(2)17-22(32-27(36)21-10-8-20(9-11-21)25-7-6-16-39-25)28(37)33-15-12-23-26(33)24(35)18-34(23)29(38)30(31)13-4-3-5-14-30/h6-11,16,19,22-23,26H,3-5,12-15,17-18,31H2,1-2H3,(H,32,36). The summed E-state index contributed by atoms with van der Waals surface area (Å²) in [5, 5.41) is 4.95. The Labute approximate surface area is 233 Å². The molecular weight excluding hydrogens is 512 g/mol. The summed E-state index contributed by atoms with van der Waals surface area (Å²) in [5.41, 5.74) is 7.12. The largest absolute Gasteiger partial charge is 0.340 e. The first kappa shape index (κ1) is 27.5. The Balaban J connectivity index is 1.29. The van der Waals surface area contributed by atoms with E-state index in [1.807, 2.05) is 43.5 Å². The van der Waals surface area contributed by atoms with E-state index in [4.69, 9.17) is 5.73 Å². The van der Waals surface area contributed by atoms with Crippen LogP contribution in [-0.4, -0.2) is 70.1 Å². The number of benzene rings is 1. The number of Topliss-reactive ketones (excluding diaryl/α,β-unsaturated/α-hetero) is 1. The Morgan fingerprint density at radius 1 is 1.08 bits per heavy atom. The smallest absolute Gasteiger partial charge is 0.251 e. The normalized spacial score (nSPS) is 23.1. The van der Waals surface area contributed by atoms with E-state index in [0.717, 1.165) is 29.7 Å². The zero-order chi connectivity index (χ0) is 27.7. The monoisotopic (exact) mass is 550 g/mol. The lowest BCUT2D eigenvalue weighted by Crippen LogP contribution is -2.58. The van der Waals surface area contributed by atoms with Gasteiger partial charge in [0.2, 0.25) is 11.8 Å². The average Bonchev–Trinajstić information content (AvgIpc) is 3.67. The molecule has 2 aromatic rings. The molecule has 5 rings (SSSR count). The fraction of sp³-hybridized carbons (Fsp3) is 0.533. The third-order valence-corrected chi connectivity index (χ3v) is 9.32. The van der Waals surface area contributed by atoms with Gasteiger partial charge in [-0.05, 0) is 60.7 Å². The van der Waals surface area contributed by atoms with E-state index < -0.39 is 17.6 Å². The van der Waals surface area contributed by atoms with Gasteiger partial charge in [0.1, 0.15) is 12.1 Å². The summed E-state index contributed by atoms with van der Waals surface area (Å²) in [7, 11) is 0. The molecule has 3 atom stereocenters. The van der Waals surface area contributed by atoms with Crippen molar-refractivity contribution in [3.05, 3.63) is 47.3 Å². The van der Waals surface area contributed by atoms with Crippen LogP contribution < -0.4 is 11.1 Å². The van der Waals surface area contributed by atoms with Crippen molar-refractivity contribution in [2.24, 2.45) is 11.7 Å². The van der Waals surface area contributed by atoms with Crippen molar-refractivity contribution >= 4 is 34.8 Å². The maximum Gasteiger partial charge on any atom is 0.251 e. The van der Waals surface area contributed by atoms with Crippen LogP contribution in [0.15, 0.2) is 41.8 Å². The minimum absolute atomic E-state index is 0.00527. The Hall–Kier alpha value is -3.04. The zero-order valence-corrected chi connectivity index (χ0v) is 23.5. The second-order valence-electron chi connectivity index (χ2n) is 11.7. The summed E-state index contributed by atoms with van der Waals surface area (Å²) in [6, 6.07) is 9.58. The fourth-order valence-electron chi connectivity index (χ4n) is 6.38. The molecule has 1 aromatic heterocycles. The van der Waals surface area contributed by atoms with Gasteiger partial charge in [0.15, 0.2) is 5.78 Å². The van der Waals surface area contributed by atoms with Crippen molar-refractivity contribution in [2.45, 2.75) is 82.5 Å². The van der Waals surface area contributed by atoms with Crippen LogP contribution in [0.4, 0.5) is 0 Å². The fourth-order valence-corrected chi connectivity index (χ4v) is 7.12. The van der Waals surface area contributed by atoms with Crippen LogP contribution in [0.3, 0.4) is 0 Å². The predicted octanol–water partition coefficient (Wildman–Crippen LogP) is 3.60. The van der Waals surface area contributed by atoms with Crippen LogP contribution >= 0.6 is 11.3 Å². The maximum absolute atomic E-state index is 13.8. The minimum atomic E-state index is -0.919. The third-order valence-electron chi connectivity index (χ3n) is 8.40. The molecular formula is C30H38N4O4S. The summed E-state index contributed by atoms with van der Waals surface area (Å²) >= 11 is 1.63. The molecule has 3 fully saturated rings. The first-order valence-corrected chi connectivity index (χ1v) is 14.9. The molecule has 3 aliphatic rings. The van der Waals surface area contributed by atoms with E-state index in [0.29, 0.717) is 37.8 Å². The lowest BCUT2D eigenvalue weighted by Gasteiger charge is -2.37. The zero-order valence-electron chi connectivity index (χ0n) is 22.7. The summed E-state index contributed by atoms with van der Waals surface area (Å²) < 4.78 is 0. The predicted molar refractivity (Wildman–Crippen MR) is 151 cm³/mol. The van der Waals surface area contributed by atoms with Gasteiger partial charge in [-0.2, -0.15) is 0 Å². The van der Waals surface area contributed by atoms with Crippen molar-refractivity contribution in [3.8, 4) is 10.4 Å². The van der Waals surface area contributed by atoms with Crippen LogP contribution in [-0.2, 0) is 14.4 Å². The number of carbonyl (C=O) groups is 4. The van der Waals surface area contributed by atoms with Gasteiger partial charge in [-0.1, -0.05) is 51.3 Å². The van der Waals surface area contributed by atoms with Gasteiger partial charge in [-0.25, -0.2) is 0 Å². The van der Waals surface area contributed by atoms with Crippen LogP contribution in [0.1, 0.15) is 69.2 Å². The molecule has 1 aromatic carbocycles. The Morgan fingerprint density at radius 3 is 2.44 bits per heavy atom. The van der Waals surface area contributed by atoms with Crippen molar-refractivity contribution in [1.82, 2.24) is 15.1 Å². The highest BCUT2D eigenvalue weighted by Gasteiger charge is 2.54. The second kappa shape index (κ2) is 11.2. The molecule has 3 heterocycles. The summed E-state index contributed by atoms with van der Waals surface area (Å²) in [5.74, 6) is -0.714. The van der Waals surface area contributed by atoms with Gasteiger partial charge in [-0.15, -0.1) is 11.3 Å². The van der Waals surface area contributed by atoms with Gasteiger partial charge in [-0.3, -0.25) is 19.2 Å². The number of rotatable bonds is 7. The quantitative estimate of drug-likeness (QED) is 0.547. The number of nitrogens with two attached hydrogens (primary N) is 1. The summed E-state index contributed by atoms with van der Waals surface area (Å²) in [6.07, 6.45) is 5.15. The van der Waals surface area contributed by atoms with Gasteiger partial charge in [0.25, 0.3) is 5.91 Å². The van der Waals surface area contributed by atoms with Crippen LogP contribution in [0, 0.1) is 5.92 Å². The molecule has 3 N–H and O–H groups in total. The minimum Gasteiger partial charge on any atom is -0.340 e. The van der Waals surface area contributed by atoms with E-state index in [9.17, 15) is 19.2 Å². The molecule has 3 amide bonds. The molecule has 0 radical (unpaired) electrons. The summed E-state index contributed by atoms with van der Waals surface area (Å²) in [6.45, 7) is 4.37. The van der Waals surface area contributed by atoms with Gasteiger partial charge < -0.3 is 20.9 Å². The number of likely N-dealkylation sites (tertiary alicyclic amines) is 2. The maximum atomic E-state index is 13.8.